The molecule has 150 valence electrons. The van der Waals surface area contributed by atoms with E-state index in [9.17, 15) is 5.26 Å². The summed E-state index contributed by atoms with van der Waals surface area (Å²) in [5.41, 5.74) is 4.66. The zero-order chi connectivity index (χ0) is 21.4. The number of benzene rings is 1. The molecule has 0 saturated carbocycles. The Morgan fingerprint density at radius 2 is 1.87 bits per heavy atom. The van der Waals surface area contributed by atoms with Gasteiger partial charge in [0, 0.05) is 17.9 Å². The van der Waals surface area contributed by atoms with Gasteiger partial charge in [-0.05, 0) is 44.0 Å². The third kappa shape index (κ3) is 3.58. The first-order chi connectivity index (χ1) is 14.4. The lowest BCUT2D eigenvalue weighted by Gasteiger charge is -2.13. The summed E-state index contributed by atoms with van der Waals surface area (Å²) in [5.74, 6) is 2.20. The molecule has 3 heterocycles. The summed E-state index contributed by atoms with van der Waals surface area (Å²) in [6.45, 7) is 8.12. The van der Waals surface area contributed by atoms with Crippen LogP contribution in [0.1, 0.15) is 35.0 Å². The predicted molar refractivity (Wildman–Crippen MR) is 117 cm³/mol. The van der Waals surface area contributed by atoms with E-state index in [1.54, 1.807) is 10.7 Å². The van der Waals surface area contributed by atoms with Gasteiger partial charge in [0.2, 0.25) is 0 Å². The number of nitriles is 1. The number of rotatable bonds is 4. The molecule has 0 spiro atoms. The van der Waals surface area contributed by atoms with Crippen molar-refractivity contribution in [2.24, 2.45) is 0 Å². The molecule has 3 aromatic heterocycles. The van der Waals surface area contributed by atoms with E-state index in [2.05, 4.69) is 45.5 Å². The highest BCUT2D eigenvalue weighted by molar-refractivity contribution is 6.29. The van der Waals surface area contributed by atoms with Crippen molar-refractivity contribution in [3.05, 3.63) is 63.7 Å². The maximum atomic E-state index is 9.59. The average molecular weight is 418 g/mol. The van der Waals surface area contributed by atoms with E-state index in [1.807, 2.05) is 26.8 Å². The summed E-state index contributed by atoms with van der Waals surface area (Å²) in [6, 6.07) is 9.99. The predicted octanol–water partition coefficient (Wildman–Crippen LogP) is 4.97. The van der Waals surface area contributed by atoms with Crippen LogP contribution in [0.4, 0.5) is 11.6 Å². The van der Waals surface area contributed by atoms with Crippen molar-refractivity contribution < 1.29 is 0 Å². The standard InChI is InChI=1S/C22H20ClN7/c1-5-18-26-17(23)9-19(27-18)28-22-15(10-24)11-25-30(22)20-8-13(3)16-7-12(2)6-14(4)21(16)29-20/h6-9,11H,5H2,1-4H3,(H,26,27,28). The monoisotopic (exact) mass is 417 g/mol. The van der Waals surface area contributed by atoms with Crippen LogP contribution in [0.15, 0.2) is 30.5 Å². The number of aromatic nitrogens is 5. The summed E-state index contributed by atoms with van der Waals surface area (Å²) in [5, 5.41) is 18.6. The Balaban J connectivity index is 1.87. The van der Waals surface area contributed by atoms with Gasteiger partial charge >= 0.3 is 0 Å². The first-order valence-corrected chi connectivity index (χ1v) is 9.95. The highest BCUT2D eigenvalue weighted by Gasteiger charge is 2.17. The van der Waals surface area contributed by atoms with Crippen LogP contribution in [0, 0.1) is 32.1 Å². The summed E-state index contributed by atoms with van der Waals surface area (Å²) >= 11 is 6.12. The van der Waals surface area contributed by atoms with E-state index in [0.29, 0.717) is 40.4 Å². The fraction of sp³-hybridized carbons (Fsp3) is 0.227. The number of anilines is 2. The van der Waals surface area contributed by atoms with Gasteiger partial charge in [-0.2, -0.15) is 15.0 Å². The maximum absolute atomic E-state index is 9.59. The first-order valence-electron chi connectivity index (χ1n) is 9.57. The lowest BCUT2D eigenvalue weighted by Crippen LogP contribution is -2.08. The van der Waals surface area contributed by atoms with Crippen LogP contribution in [-0.2, 0) is 6.42 Å². The Morgan fingerprint density at radius 1 is 1.07 bits per heavy atom. The van der Waals surface area contributed by atoms with Crippen molar-refractivity contribution in [2.75, 3.05) is 5.32 Å². The third-order valence-corrected chi connectivity index (χ3v) is 5.05. The molecule has 8 heteroatoms. The Kier molecular flexibility index (Phi) is 5.10. The van der Waals surface area contributed by atoms with Gasteiger partial charge in [0.1, 0.15) is 28.4 Å². The minimum atomic E-state index is 0.333. The minimum Gasteiger partial charge on any atom is -0.324 e. The third-order valence-electron chi connectivity index (χ3n) is 4.85. The van der Waals surface area contributed by atoms with Gasteiger partial charge in [-0.1, -0.05) is 30.2 Å². The SMILES string of the molecule is CCc1nc(Cl)cc(Nc2c(C#N)cnn2-c2cc(C)c3cc(C)cc(C)c3n2)n1. The number of nitrogens with zero attached hydrogens (tertiary/aromatic N) is 6. The van der Waals surface area contributed by atoms with E-state index >= 15 is 0 Å². The molecule has 0 radical (unpaired) electrons. The van der Waals surface area contributed by atoms with Crippen molar-refractivity contribution in [3.8, 4) is 11.9 Å². The summed E-state index contributed by atoms with van der Waals surface area (Å²) in [6.07, 6.45) is 2.15. The molecule has 0 aliphatic rings. The second kappa shape index (κ2) is 7.73. The highest BCUT2D eigenvalue weighted by Crippen LogP contribution is 2.28. The molecule has 0 atom stereocenters. The lowest BCUT2D eigenvalue weighted by molar-refractivity contribution is 0.855. The Morgan fingerprint density at radius 3 is 2.60 bits per heavy atom. The van der Waals surface area contributed by atoms with E-state index < -0.39 is 0 Å². The molecule has 4 rings (SSSR count). The Labute approximate surface area is 179 Å². The number of halogens is 1. The van der Waals surface area contributed by atoms with Crippen LogP contribution >= 0.6 is 11.6 Å². The summed E-state index contributed by atoms with van der Waals surface area (Å²) in [4.78, 5) is 13.5. The topological polar surface area (TPSA) is 92.3 Å². The maximum Gasteiger partial charge on any atom is 0.156 e. The number of fused-ring (bicyclic) bond motifs is 1. The van der Waals surface area contributed by atoms with Gasteiger partial charge in [-0.3, -0.25) is 0 Å². The van der Waals surface area contributed by atoms with Crippen molar-refractivity contribution in [2.45, 2.75) is 34.1 Å². The normalized spacial score (nSPS) is 10.9. The fourth-order valence-electron chi connectivity index (χ4n) is 3.47. The van der Waals surface area contributed by atoms with E-state index in [1.165, 1.54) is 11.8 Å². The molecule has 0 unspecified atom stereocenters. The van der Waals surface area contributed by atoms with Gasteiger partial charge < -0.3 is 5.32 Å². The molecule has 0 aliphatic heterocycles. The number of hydrogen-bond acceptors (Lipinski definition) is 6. The molecule has 0 bridgehead atoms. The molecule has 1 N–H and O–H groups in total. The molecule has 1 aromatic carbocycles. The zero-order valence-electron chi connectivity index (χ0n) is 17.2. The van der Waals surface area contributed by atoms with Crippen molar-refractivity contribution >= 4 is 34.1 Å². The molecule has 30 heavy (non-hydrogen) atoms. The zero-order valence-corrected chi connectivity index (χ0v) is 17.9. The van der Waals surface area contributed by atoms with E-state index in [0.717, 1.165) is 22.0 Å². The quantitative estimate of drug-likeness (QED) is 0.471. The summed E-state index contributed by atoms with van der Waals surface area (Å²) in [7, 11) is 0. The number of hydrogen-bond donors (Lipinski definition) is 1. The molecule has 4 aromatic rings. The van der Waals surface area contributed by atoms with Crippen LogP contribution in [0.2, 0.25) is 5.15 Å². The molecule has 0 aliphatic carbocycles. The molecular formula is C22H20ClN7. The van der Waals surface area contributed by atoms with Gasteiger partial charge in [-0.25, -0.2) is 15.0 Å². The Bertz CT molecular complexity index is 1320. The van der Waals surface area contributed by atoms with Crippen LogP contribution in [0.3, 0.4) is 0 Å². The van der Waals surface area contributed by atoms with Gasteiger partial charge in [0.05, 0.1) is 11.7 Å². The number of nitrogens with one attached hydrogen (secondary N) is 1. The minimum absolute atomic E-state index is 0.333. The first kappa shape index (κ1) is 19.8. The highest BCUT2D eigenvalue weighted by atomic mass is 35.5. The van der Waals surface area contributed by atoms with Crippen LogP contribution in [-0.4, -0.2) is 24.7 Å². The van der Waals surface area contributed by atoms with Gasteiger partial charge in [-0.15, -0.1) is 0 Å². The molecular weight excluding hydrogens is 398 g/mol. The van der Waals surface area contributed by atoms with E-state index in [-0.39, 0.29) is 0 Å². The second-order valence-electron chi connectivity index (χ2n) is 7.18. The molecule has 0 saturated heterocycles. The van der Waals surface area contributed by atoms with Crippen molar-refractivity contribution in [3.63, 3.8) is 0 Å². The number of aryl methyl sites for hydroxylation is 4. The van der Waals surface area contributed by atoms with Gasteiger partial charge in [0.15, 0.2) is 11.6 Å². The van der Waals surface area contributed by atoms with Gasteiger partial charge in [0.25, 0.3) is 0 Å². The largest absolute Gasteiger partial charge is 0.324 e. The van der Waals surface area contributed by atoms with Crippen LogP contribution in [0.5, 0.6) is 0 Å². The molecule has 0 amide bonds. The fourth-order valence-corrected chi connectivity index (χ4v) is 3.67. The van der Waals surface area contributed by atoms with Crippen LogP contribution < -0.4 is 5.32 Å². The number of pyridine rings is 1. The van der Waals surface area contributed by atoms with Crippen molar-refractivity contribution in [1.82, 2.24) is 24.7 Å². The smallest absolute Gasteiger partial charge is 0.156 e. The average Bonchev–Trinajstić information content (AvgIpc) is 3.10. The molecule has 7 nitrogen and oxygen atoms in total. The lowest BCUT2D eigenvalue weighted by atomic mass is 10.0. The second-order valence-corrected chi connectivity index (χ2v) is 7.56. The Hall–Kier alpha value is -3.50. The van der Waals surface area contributed by atoms with E-state index in [4.69, 9.17) is 16.6 Å². The molecule has 0 fully saturated rings. The van der Waals surface area contributed by atoms with Crippen LogP contribution in [0.25, 0.3) is 16.7 Å². The summed E-state index contributed by atoms with van der Waals surface area (Å²) < 4.78 is 1.62. The van der Waals surface area contributed by atoms with Crippen molar-refractivity contribution in [1.29, 1.82) is 5.26 Å².